The predicted octanol–water partition coefficient (Wildman–Crippen LogP) is 3.64. The van der Waals surface area contributed by atoms with Gasteiger partial charge in [0.25, 0.3) is 0 Å². The molecule has 0 aliphatic carbocycles. The van der Waals surface area contributed by atoms with Gasteiger partial charge in [0.1, 0.15) is 16.6 Å². The van der Waals surface area contributed by atoms with Gasteiger partial charge in [0.05, 0.1) is 29.4 Å². The number of methoxy groups -OCH3 is 1. The van der Waals surface area contributed by atoms with Crippen molar-refractivity contribution in [3.63, 3.8) is 0 Å². The number of fused-ring (bicyclic) bond motifs is 1. The van der Waals surface area contributed by atoms with E-state index in [0.29, 0.717) is 5.00 Å². The van der Waals surface area contributed by atoms with Crippen LogP contribution in [0.1, 0.15) is 25.6 Å². The molecule has 21 heavy (non-hydrogen) atoms. The van der Waals surface area contributed by atoms with Gasteiger partial charge in [-0.3, -0.25) is 0 Å². The van der Waals surface area contributed by atoms with Gasteiger partial charge in [-0.05, 0) is 44.4 Å². The number of anilines is 1. The zero-order valence-corrected chi connectivity index (χ0v) is 13.4. The average Bonchev–Trinajstić information content (AvgIpc) is 2.97. The van der Waals surface area contributed by atoms with Crippen molar-refractivity contribution in [3.8, 4) is 17.1 Å². The zero-order valence-electron chi connectivity index (χ0n) is 12.5. The van der Waals surface area contributed by atoms with Crippen LogP contribution in [0, 0.1) is 6.92 Å². The normalized spacial score (nSPS) is 11.5. The van der Waals surface area contributed by atoms with E-state index in [0.717, 1.165) is 33.9 Å². The molecule has 0 unspecified atom stereocenters. The molecule has 0 saturated heterocycles. The smallest absolute Gasteiger partial charge is 0.146 e. The Labute approximate surface area is 127 Å². The molecule has 5 nitrogen and oxygen atoms in total. The lowest BCUT2D eigenvalue weighted by atomic mass is 10.2. The third kappa shape index (κ3) is 2.15. The van der Waals surface area contributed by atoms with Crippen LogP contribution in [0.4, 0.5) is 5.00 Å². The van der Waals surface area contributed by atoms with E-state index >= 15 is 0 Å². The number of aryl methyl sites for hydroxylation is 1. The Morgan fingerprint density at radius 2 is 2.10 bits per heavy atom. The van der Waals surface area contributed by atoms with Crippen LogP contribution in [0.25, 0.3) is 22.4 Å². The average molecular weight is 302 g/mol. The van der Waals surface area contributed by atoms with Gasteiger partial charge in [-0.2, -0.15) is 4.37 Å². The number of benzene rings is 1. The summed E-state index contributed by atoms with van der Waals surface area (Å²) in [5.74, 6) is 1.67. The number of imidazole rings is 1. The maximum absolute atomic E-state index is 6.10. The largest absolute Gasteiger partial charge is 0.497 e. The summed E-state index contributed by atoms with van der Waals surface area (Å²) < 4.78 is 11.8. The minimum Gasteiger partial charge on any atom is -0.497 e. The van der Waals surface area contributed by atoms with Gasteiger partial charge in [0.2, 0.25) is 0 Å². The SMILES string of the molecule is COc1ccc2c(c1)nc(-c1c(C)nsc1N)n2C(C)C. The lowest BCUT2D eigenvalue weighted by Gasteiger charge is -2.13. The molecule has 0 amide bonds. The van der Waals surface area contributed by atoms with Crippen molar-refractivity contribution in [2.24, 2.45) is 0 Å². The van der Waals surface area contributed by atoms with E-state index in [1.807, 2.05) is 25.1 Å². The molecule has 3 rings (SSSR count). The molecular weight excluding hydrogens is 284 g/mol. The summed E-state index contributed by atoms with van der Waals surface area (Å²) in [6.45, 7) is 6.24. The standard InChI is InChI=1S/C15H18N4OS/c1-8(2)19-12-6-5-10(20-4)7-11(12)17-15(19)13-9(3)18-21-14(13)16/h5-8H,16H2,1-4H3. The summed E-state index contributed by atoms with van der Waals surface area (Å²) in [4.78, 5) is 4.78. The van der Waals surface area contributed by atoms with Crippen molar-refractivity contribution in [1.29, 1.82) is 0 Å². The fraction of sp³-hybridized carbons (Fsp3) is 0.333. The summed E-state index contributed by atoms with van der Waals surface area (Å²) >= 11 is 1.31. The van der Waals surface area contributed by atoms with Crippen molar-refractivity contribution in [2.45, 2.75) is 26.8 Å². The molecule has 3 aromatic rings. The second-order valence-electron chi connectivity index (χ2n) is 5.26. The van der Waals surface area contributed by atoms with Gasteiger partial charge >= 0.3 is 0 Å². The van der Waals surface area contributed by atoms with E-state index in [4.69, 9.17) is 15.5 Å². The first-order chi connectivity index (χ1) is 10.0. The van der Waals surface area contributed by atoms with Crippen LogP contribution in [0.3, 0.4) is 0 Å². The van der Waals surface area contributed by atoms with E-state index in [2.05, 4.69) is 22.8 Å². The van der Waals surface area contributed by atoms with Crippen molar-refractivity contribution in [1.82, 2.24) is 13.9 Å². The lowest BCUT2D eigenvalue weighted by Crippen LogP contribution is -2.04. The third-order valence-electron chi connectivity index (χ3n) is 3.53. The molecule has 0 atom stereocenters. The molecular formula is C15H18N4OS. The monoisotopic (exact) mass is 302 g/mol. The molecule has 0 aliphatic heterocycles. The predicted molar refractivity (Wildman–Crippen MR) is 86.9 cm³/mol. The number of ether oxygens (including phenoxy) is 1. The fourth-order valence-corrected chi connectivity index (χ4v) is 3.22. The van der Waals surface area contributed by atoms with Crippen molar-refractivity contribution < 1.29 is 4.74 Å². The maximum atomic E-state index is 6.10. The number of hydrogen-bond acceptors (Lipinski definition) is 5. The molecule has 0 bridgehead atoms. The van der Waals surface area contributed by atoms with Gasteiger partial charge in [-0.15, -0.1) is 0 Å². The van der Waals surface area contributed by atoms with Gasteiger partial charge < -0.3 is 15.0 Å². The Hall–Kier alpha value is -2.08. The molecule has 0 spiro atoms. The van der Waals surface area contributed by atoms with E-state index < -0.39 is 0 Å². The molecule has 0 aliphatic rings. The first-order valence-electron chi connectivity index (χ1n) is 6.81. The Morgan fingerprint density at radius 3 is 2.67 bits per heavy atom. The van der Waals surface area contributed by atoms with Gasteiger partial charge in [0, 0.05) is 12.1 Å². The highest BCUT2D eigenvalue weighted by atomic mass is 32.1. The minimum atomic E-state index is 0.275. The van der Waals surface area contributed by atoms with Crippen LogP contribution >= 0.6 is 11.5 Å². The molecule has 2 N–H and O–H groups in total. The molecule has 0 radical (unpaired) electrons. The van der Waals surface area contributed by atoms with E-state index in [9.17, 15) is 0 Å². The number of hydrogen-bond donors (Lipinski definition) is 1. The first-order valence-corrected chi connectivity index (χ1v) is 7.58. The Morgan fingerprint density at radius 1 is 1.33 bits per heavy atom. The van der Waals surface area contributed by atoms with Crippen molar-refractivity contribution in [3.05, 3.63) is 23.9 Å². The quantitative estimate of drug-likeness (QED) is 0.802. The maximum Gasteiger partial charge on any atom is 0.146 e. The van der Waals surface area contributed by atoms with E-state index in [1.54, 1.807) is 7.11 Å². The zero-order chi connectivity index (χ0) is 15.1. The second kappa shape index (κ2) is 5.04. The number of aromatic nitrogens is 3. The summed E-state index contributed by atoms with van der Waals surface area (Å²) in [5.41, 5.74) is 9.93. The molecule has 1 aromatic carbocycles. The summed E-state index contributed by atoms with van der Waals surface area (Å²) in [6.07, 6.45) is 0. The molecule has 2 aromatic heterocycles. The van der Waals surface area contributed by atoms with Crippen LogP contribution in [-0.2, 0) is 0 Å². The molecule has 2 heterocycles. The highest BCUT2D eigenvalue weighted by Gasteiger charge is 2.20. The van der Waals surface area contributed by atoms with E-state index in [-0.39, 0.29) is 6.04 Å². The third-order valence-corrected chi connectivity index (χ3v) is 4.29. The molecule has 110 valence electrons. The Kier molecular flexibility index (Phi) is 3.33. The van der Waals surface area contributed by atoms with Gasteiger partial charge in [-0.1, -0.05) is 0 Å². The van der Waals surface area contributed by atoms with Crippen LogP contribution in [0.5, 0.6) is 5.75 Å². The van der Waals surface area contributed by atoms with Crippen LogP contribution in [-0.4, -0.2) is 21.0 Å². The van der Waals surface area contributed by atoms with Crippen molar-refractivity contribution >= 4 is 27.6 Å². The molecule has 0 saturated carbocycles. The topological polar surface area (TPSA) is 66.0 Å². The van der Waals surface area contributed by atoms with Gasteiger partial charge in [0.15, 0.2) is 0 Å². The number of nitrogens with two attached hydrogens (primary N) is 1. The highest BCUT2D eigenvalue weighted by Crippen LogP contribution is 2.36. The van der Waals surface area contributed by atoms with Crippen LogP contribution in [0.2, 0.25) is 0 Å². The summed E-state index contributed by atoms with van der Waals surface area (Å²) in [5, 5.41) is 0.705. The van der Waals surface area contributed by atoms with Crippen molar-refractivity contribution in [2.75, 3.05) is 12.8 Å². The van der Waals surface area contributed by atoms with Crippen LogP contribution in [0.15, 0.2) is 18.2 Å². The second-order valence-corrected chi connectivity index (χ2v) is 6.07. The first kappa shape index (κ1) is 13.9. The number of nitrogen functional groups attached to an aromatic ring is 1. The Balaban J connectivity index is 2.34. The Bertz CT molecular complexity index is 784. The number of nitrogens with zero attached hydrogens (tertiary/aromatic N) is 3. The number of rotatable bonds is 3. The highest BCUT2D eigenvalue weighted by molar-refractivity contribution is 7.10. The molecule has 0 fully saturated rings. The van der Waals surface area contributed by atoms with Gasteiger partial charge in [-0.25, -0.2) is 4.98 Å². The minimum absolute atomic E-state index is 0.275. The van der Waals surface area contributed by atoms with Crippen LogP contribution < -0.4 is 10.5 Å². The fourth-order valence-electron chi connectivity index (χ4n) is 2.56. The summed E-state index contributed by atoms with van der Waals surface area (Å²) in [7, 11) is 1.66. The van der Waals surface area contributed by atoms with E-state index in [1.165, 1.54) is 11.5 Å². The lowest BCUT2D eigenvalue weighted by molar-refractivity contribution is 0.415. The summed E-state index contributed by atoms with van der Waals surface area (Å²) in [6, 6.07) is 6.21. The molecule has 6 heteroatoms.